The Morgan fingerprint density at radius 1 is 0.684 bits per heavy atom. The van der Waals surface area contributed by atoms with E-state index in [2.05, 4.69) is 10.6 Å². The average molecular weight is 555 g/mol. The molecule has 2 aromatic heterocycles. The van der Waals surface area contributed by atoms with Gasteiger partial charge in [-0.05, 0) is 47.5 Å². The number of amides is 2. The molecule has 2 aromatic carbocycles. The van der Waals surface area contributed by atoms with Gasteiger partial charge in [-0.3, -0.25) is 29.8 Å². The Kier molecular flexibility index (Phi) is 7.64. The van der Waals surface area contributed by atoms with E-state index in [1.165, 1.54) is 38.5 Å². The van der Waals surface area contributed by atoms with Crippen molar-refractivity contribution in [3.05, 3.63) is 90.6 Å². The standard InChI is InChI=1S/C24H18N4O8S2/c1-35-17-11-13(3-5-15(17)25-23(29)19-7-9-21(37-19)27(31)32)14-4-6-16(18(12-14)36-2)26-24(30)20-8-10-22(38-20)28(33)34/h3-12H,1-2H3,(H,25,29)(H,26,30). The van der Waals surface area contributed by atoms with E-state index in [0.717, 1.165) is 33.8 Å². The maximum atomic E-state index is 12.6. The lowest BCUT2D eigenvalue weighted by Crippen LogP contribution is -2.11. The zero-order valence-electron chi connectivity index (χ0n) is 19.8. The molecule has 14 heteroatoms. The van der Waals surface area contributed by atoms with Gasteiger partial charge in [0.2, 0.25) is 0 Å². The molecule has 0 fully saturated rings. The first-order valence-electron chi connectivity index (χ1n) is 10.7. The summed E-state index contributed by atoms with van der Waals surface area (Å²) in [7, 11) is 2.89. The number of thiophene rings is 2. The molecule has 0 aliphatic carbocycles. The summed E-state index contributed by atoms with van der Waals surface area (Å²) in [6, 6.07) is 15.5. The van der Waals surface area contributed by atoms with E-state index < -0.39 is 21.7 Å². The molecular weight excluding hydrogens is 536 g/mol. The van der Waals surface area contributed by atoms with Crippen LogP contribution in [0.1, 0.15) is 19.3 Å². The number of methoxy groups -OCH3 is 2. The van der Waals surface area contributed by atoms with Crippen molar-refractivity contribution in [1.29, 1.82) is 0 Å². The predicted octanol–water partition coefficient (Wildman–Crippen LogP) is 5.81. The highest BCUT2D eigenvalue weighted by Gasteiger charge is 2.19. The van der Waals surface area contributed by atoms with Crippen molar-refractivity contribution >= 4 is 55.9 Å². The zero-order chi connectivity index (χ0) is 27.4. The van der Waals surface area contributed by atoms with Gasteiger partial charge in [0.15, 0.2) is 0 Å². The lowest BCUT2D eigenvalue weighted by molar-refractivity contribution is -0.380. The largest absolute Gasteiger partial charge is 0.495 e. The topological polar surface area (TPSA) is 163 Å². The van der Waals surface area contributed by atoms with E-state index in [0.29, 0.717) is 22.9 Å². The van der Waals surface area contributed by atoms with Crippen LogP contribution in [0.25, 0.3) is 11.1 Å². The number of carbonyl (C=O) groups excluding carboxylic acids is 2. The van der Waals surface area contributed by atoms with Gasteiger partial charge in [-0.1, -0.05) is 34.8 Å². The number of rotatable bonds is 9. The summed E-state index contributed by atoms with van der Waals surface area (Å²) in [4.78, 5) is 46.1. The SMILES string of the molecule is COc1cc(-c2ccc(NC(=O)c3ccc([N+](=O)[O-])s3)c(OC)c2)ccc1NC(=O)c1ccc([N+](=O)[O-])s1. The summed E-state index contributed by atoms with van der Waals surface area (Å²) in [5, 5.41) is 26.9. The minimum absolute atomic E-state index is 0.136. The van der Waals surface area contributed by atoms with Crippen molar-refractivity contribution in [3.8, 4) is 22.6 Å². The fraction of sp³-hybridized carbons (Fsp3) is 0.0833. The number of nitrogens with zero attached hydrogens (tertiary/aromatic N) is 2. The molecule has 12 nitrogen and oxygen atoms in total. The molecule has 4 rings (SSSR count). The maximum Gasteiger partial charge on any atom is 0.324 e. The van der Waals surface area contributed by atoms with Gasteiger partial charge in [-0.15, -0.1) is 0 Å². The summed E-state index contributed by atoms with van der Waals surface area (Å²) < 4.78 is 10.9. The maximum absolute atomic E-state index is 12.6. The second-order valence-corrected chi connectivity index (χ2v) is 9.65. The average Bonchev–Trinajstić information content (AvgIpc) is 3.60. The molecule has 0 aliphatic rings. The Bertz CT molecular complexity index is 1450. The number of carbonyl (C=O) groups is 2. The van der Waals surface area contributed by atoms with Gasteiger partial charge in [0.25, 0.3) is 11.8 Å². The molecule has 2 N–H and O–H groups in total. The molecule has 0 unspecified atom stereocenters. The fourth-order valence-electron chi connectivity index (χ4n) is 3.41. The number of benzene rings is 2. The second-order valence-electron chi connectivity index (χ2n) is 7.53. The van der Waals surface area contributed by atoms with Crippen LogP contribution in [-0.4, -0.2) is 35.9 Å². The van der Waals surface area contributed by atoms with Crippen LogP contribution < -0.4 is 20.1 Å². The summed E-state index contributed by atoms with van der Waals surface area (Å²) in [5.41, 5.74) is 2.18. The molecule has 0 spiro atoms. The van der Waals surface area contributed by atoms with Crippen molar-refractivity contribution in [2.75, 3.05) is 24.9 Å². The molecule has 0 atom stereocenters. The van der Waals surface area contributed by atoms with Gasteiger partial charge in [-0.2, -0.15) is 0 Å². The minimum atomic E-state index is -0.559. The number of hydrogen-bond donors (Lipinski definition) is 2. The van der Waals surface area contributed by atoms with E-state index in [-0.39, 0.29) is 19.8 Å². The molecule has 38 heavy (non-hydrogen) atoms. The molecule has 0 bridgehead atoms. The molecule has 2 amide bonds. The Balaban J connectivity index is 1.53. The molecule has 0 aliphatic heterocycles. The summed E-state index contributed by atoms with van der Waals surface area (Å²) in [5.74, 6) is -0.297. The highest BCUT2D eigenvalue weighted by atomic mass is 32.1. The summed E-state index contributed by atoms with van der Waals surface area (Å²) in [6.07, 6.45) is 0. The van der Waals surface area contributed by atoms with Gasteiger partial charge in [-0.25, -0.2) is 0 Å². The first-order valence-corrected chi connectivity index (χ1v) is 12.3. The van der Waals surface area contributed by atoms with Crippen LogP contribution in [0, 0.1) is 20.2 Å². The number of ether oxygens (including phenoxy) is 2. The van der Waals surface area contributed by atoms with E-state index in [1.807, 2.05) is 0 Å². The number of anilines is 2. The third-order valence-corrected chi connectivity index (χ3v) is 7.30. The van der Waals surface area contributed by atoms with Crippen LogP contribution in [0.2, 0.25) is 0 Å². The number of hydrogen-bond acceptors (Lipinski definition) is 10. The van der Waals surface area contributed by atoms with Crippen molar-refractivity contribution < 1.29 is 28.9 Å². The molecule has 2 heterocycles. The van der Waals surface area contributed by atoms with Crippen LogP contribution in [0.3, 0.4) is 0 Å². The highest BCUT2D eigenvalue weighted by molar-refractivity contribution is 7.17. The van der Waals surface area contributed by atoms with E-state index in [9.17, 15) is 29.8 Å². The Morgan fingerprint density at radius 2 is 1.08 bits per heavy atom. The third kappa shape index (κ3) is 5.61. The molecule has 4 aromatic rings. The Morgan fingerprint density at radius 3 is 1.39 bits per heavy atom. The summed E-state index contributed by atoms with van der Waals surface area (Å²) >= 11 is 1.53. The van der Waals surface area contributed by atoms with E-state index in [4.69, 9.17) is 9.47 Å². The van der Waals surface area contributed by atoms with Crippen molar-refractivity contribution in [3.63, 3.8) is 0 Å². The normalized spacial score (nSPS) is 10.5. The quantitative estimate of drug-likeness (QED) is 0.193. The second kappa shape index (κ2) is 11.1. The van der Waals surface area contributed by atoms with E-state index >= 15 is 0 Å². The first-order chi connectivity index (χ1) is 18.2. The van der Waals surface area contributed by atoms with Gasteiger partial charge in [0.05, 0.1) is 45.2 Å². The fourth-order valence-corrected chi connectivity index (χ4v) is 4.84. The van der Waals surface area contributed by atoms with Gasteiger partial charge >= 0.3 is 10.0 Å². The van der Waals surface area contributed by atoms with Gasteiger partial charge in [0, 0.05) is 12.1 Å². The molecule has 0 saturated carbocycles. The third-order valence-electron chi connectivity index (χ3n) is 5.22. The molecular formula is C24H18N4O8S2. The smallest absolute Gasteiger partial charge is 0.324 e. The molecule has 0 radical (unpaired) electrons. The molecule has 194 valence electrons. The van der Waals surface area contributed by atoms with Crippen LogP contribution in [0.4, 0.5) is 21.4 Å². The van der Waals surface area contributed by atoms with Crippen LogP contribution >= 0.6 is 22.7 Å². The number of nitro groups is 2. The zero-order valence-corrected chi connectivity index (χ0v) is 21.4. The highest BCUT2D eigenvalue weighted by Crippen LogP contribution is 2.36. The van der Waals surface area contributed by atoms with Crippen LogP contribution in [-0.2, 0) is 0 Å². The Hall–Kier alpha value is -4.82. The van der Waals surface area contributed by atoms with Crippen LogP contribution in [0.15, 0.2) is 60.7 Å². The molecule has 0 saturated heterocycles. The number of nitrogens with one attached hydrogen (secondary N) is 2. The van der Waals surface area contributed by atoms with Gasteiger partial charge in [0.1, 0.15) is 11.5 Å². The summed E-state index contributed by atoms with van der Waals surface area (Å²) in [6.45, 7) is 0. The minimum Gasteiger partial charge on any atom is -0.495 e. The monoisotopic (exact) mass is 554 g/mol. The van der Waals surface area contributed by atoms with Gasteiger partial charge < -0.3 is 20.1 Å². The van der Waals surface area contributed by atoms with E-state index in [1.54, 1.807) is 36.4 Å². The van der Waals surface area contributed by atoms with Crippen molar-refractivity contribution in [1.82, 2.24) is 0 Å². The van der Waals surface area contributed by atoms with Crippen molar-refractivity contribution in [2.45, 2.75) is 0 Å². The van der Waals surface area contributed by atoms with Crippen molar-refractivity contribution in [2.24, 2.45) is 0 Å². The lowest BCUT2D eigenvalue weighted by Gasteiger charge is -2.14. The van der Waals surface area contributed by atoms with Crippen LogP contribution in [0.5, 0.6) is 11.5 Å². The first kappa shape index (κ1) is 26.2. The Labute approximate surface area is 222 Å². The predicted molar refractivity (Wildman–Crippen MR) is 143 cm³/mol. The lowest BCUT2D eigenvalue weighted by atomic mass is 10.0.